The van der Waals surface area contributed by atoms with Crippen molar-refractivity contribution in [3.63, 3.8) is 0 Å². The number of carboxylic acids is 1. The van der Waals surface area contributed by atoms with E-state index in [-0.39, 0.29) is 23.7 Å². The van der Waals surface area contributed by atoms with E-state index in [0.29, 0.717) is 27.6 Å². The number of imidazole rings is 1. The zero-order valence-corrected chi connectivity index (χ0v) is 20.2. The Bertz CT molecular complexity index is 1380. The number of hydrogen-bond acceptors (Lipinski definition) is 3. The van der Waals surface area contributed by atoms with Crippen molar-refractivity contribution in [3.8, 4) is 17.1 Å². The molecule has 0 spiro atoms. The van der Waals surface area contributed by atoms with Gasteiger partial charge in [0.1, 0.15) is 11.6 Å². The number of rotatable bonds is 7. The minimum atomic E-state index is -1.03. The number of carboxylic acid groups (broad SMARTS) is 1. The molecule has 0 saturated heterocycles. The third-order valence-electron chi connectivity index (χ3n) is 6.94. The van der Waals surface area contributed by atoms with Crippen LogP contribution in [-0.4, -0.2) is 27.7 Å². The first-order chi connectivity index (χ1) is 17.4. The van der Waals surface area contributed by atoms with Crippen LogP contribution in [0, 0.1) is 17.6 Å². The summed E-state index contributed by atoms with van der Waals surface area (Å²) >= 11 is 6.01. The van der Waals surface area contributed by atoms with Crippen LogP contribution in [0.2, 0.25) is 5.02 Å². The van der Waals surface area contributed by atoms with Crippen LogP contribution in [-0.2, 0) is 0 Å². The van der Waals surface area contributed by atoms with Gasteiger partial charge in [-0.05, 0) is 67.3 Å². The highest BCUT2D eigenvalue weighted by atomic mass is 35.5. The van der Waals surface area contributed by atoms with E-state index in [1.807, 2.05) is 0 Å². The number of aromatic carboxylic acids is 1. The number of carbonyl (C=O) groups is 1. The predicted molar refractivity (Wildman–Crippen MR) is 135 cm³/mol. The summed E-state index contributed by atoms with van der Waals surface area (Å²) in [5.74, 6) is -2.22. The van der Waals surface area contributed by atoms with Gasteiger partial charge in [-0.2, -0.15) is 0 Å². The molecule has 0 amide bonds. The van der Waals surface area contributed by atoms with Gasteiger partial charge in [0.05, 0.1) is 23.2 Å². The van der Waals surface area contributed by atoms with Gasteiger partial charge in [-0.1, -0.05) is 30.9 Å². The maximum absolute atomic E-state index is 15.5. The minimum Gasteiger partial charge on any atom is -0.493 e. The van der Waals surface area contributed by atoms with E-state index in [1.165, 1.54) is 12.1 Å². The van der Waals surface area contributed by atoms with Crippen LogP contribution in [0.4, 0.5) is 8.78 Å². The second kappa shape index (κ2) is 10.3. The van der Waals surface area contributed by atoms with Crippen molar-refractivity contribution in [2.45, 2.75) is 38.0 Å². The Morgan fingerprint density at radius 1 is 1.08 bits per heavy atom. The first-order valence-electron chi connectivity index (χ1n) is 12.0. The first kappa shape index (κ1) is 24.3. The number of nitrogens with zero attached hydrogens (tertiary/aromatic N) is 1. The molecule has 0 radical (unpaired) electrons. The van der Waals surface area contributed by atoms with Crippen molar-refractivity contribution in [2.75, 3.05) is 6.61 Å². The Balaban J connectivity index is 1.55. The van der Waals surface area contributed by atoms with Crippen LogP contribution in [0.25, 0.3) is 22.4 Å². The third kappa shape index (κ3) is 4.93. The maximum atomic E-state index is 15.5. The fourth-order valence-corrected chi connectivity index (χ4v) is 5.20. The van der Waals surface area contributed by atoms with Gasteiger partial charge in [0.15, 0.2) is 11.6 Å². The number of halogens is 3. The van der Waals surface area contributed by atoms with Crippen LogP contribution in [0.15, 0.2) is 54.6 Å². The zero-order chi connectivity index (χ0) is 25.2. The predicted octanol–water partition coefficient (Wildman–Crippen LogP) is 7.60. The van der Waals surface area contributed by atoms with Gasteiger partial charge in [-0.25, -0.2) is 18.6 Å². The molecule has 3 aromatic carbocycles. The number of H-pyrrole nitrogens is 1. The number of aromatic amines is 1. The summed E-state index contributed by atoms with van der Waals surface area (Å²) in [6.07, 6.45) is 4.93. The van der Waals surface area contributed by atoms with E-state index >= 15 is 4.39 Å². The molecule has 186 valence electrons. The number of ether oxygens (including phenoxy) is 1. The first-order valence-corrected chi connectivity index (χ1v) is 12.4. The highest BCUT2D eigenvalue weighted by Crippen LogP contribution is 2.41. The summed E-state index contributed by atoms with van der Waals surface area (Å²) in [7, 11) is 0. The Labute approximate surface area is 212 Å². The highest BCUT2D eigenvalue weighted by Gasteiger charge is 2.32. The topological polar surface area (TPSA) is 75.2 Å². The monoisotopic (exact) mass is 510 g/mol. The highest BCUT2D eigenvalue weighted by molar-refractivity contribution is 6.30. The summed E-state index contributed by atoms with van der Waals surface area (Å²) in [6.45, 7) is 0.121. The number of nitrogens with one attached hydrogen (secondary N) is 1. The van der Waals surface area contributed by atoms with Crippen molar-refractivity contribution in [3.05, 3.63) is 82.4 Å². The lowest BCUT2D eigenvalue weighted by molar-refractivity contribution is 0.0697. The molecule has 1 unspecified atom stereocenters. The Kier molecular flexibility index (Phi) is 6.92. The van der Waals surface area contributed by atoms with E-state index in [9.17, 15) is 9.18 Å². The number of hydrogen-bond donors (Lipinski definition) is 2. The maximum Gasteiger partial charge on any atom is 0.335 e. The van der Waals surface area contributed by atoms with E-state index in [0.717, 1.165) is 43.7 Å². The molecular formula is C28H25ClF2N2O3. The van der Waals surface area contributed by atoms with Gasteiger partial charge in [-0.3, -0.25) is 0 Å². The second-order valence-corrected chi connectivity index (χ2v) is 9.66. The molecule has 4 aromatic rings. The summed E-state index contributed by atoms with van der Waals surface area (Å²) < 4.78 is 36.4. The lowest BCUT2D eigenvalue weighted by atomic mass is 9.76. The van der Waals surface area contributed by atoms with Crippen molar-refractivity contribution in [2.24, 2.45) is 5.92 Å². The largest absolute Gasteiger partial charge is 0.493 e. The molecule has 36 heavy (non-hydrogen) atoms. The van der Waals surface area contributed by atoms with Crippen molar-refractivity contribution >= 4 is 28.6 Å². The number of benzene rings is 3. The van der Waals surface area contributed by atoms with Crippen molar-refractivity contribution < 1.29 is 23.4 Å². The Morgan fingerprint density at radius 3 is 2.44 bits per heavy atom. The standard InChI is InChI=1S/C28H25ClF2N2O3/c29-19-10-6-17(7-11-19)27-32-23-14-22(30)25(31)24(26(23)33-27)21(16-4-2-1-3-5-16)15-36-20-12-8-18(9-13-20)28(34)35/h6-14,16,21H,1-5,15H2,(H,32,33)(H,34,35). The third-order valence-corrected chi connectivity index (χ3v) is 7.19. The van der Waals surface area contributed by atoms with Gasteiger partial charge in [0.25, 0.3) is 0 Å². The molecule has 2 N–H and O–H groups in total. The molecule has 0 bridgehead atoms. The summed E-state index contributed by atoms with van der Waals surface area (Å²) in [6, 6.07) is 14.3. The van der Waals surface area contributed by atoms with E-state index in [4.69, 9.17) is 26.4 Å². The Hall–Kier alpha value is -3.45. The van der Waals surface area contributed by atoms with Crippen LogP contribution < -0.4 is 4.74 Å². The zero-order valence-electron chi connectivity index (χ0n) is 19.4. The van der Waals surface area contributed by atoms with E-state index in [2.05, 4.69) is 4.98 Å². The molecule has 1 aliphatic carbocycles. The van der Waals surface area contributed by atoms with Crippen LogP contribution in [0.3, 0.4) is 0 Å². The Morgan fingerprint density at radius 2 is 1.78 bits per heavy atom. The second-order valence-electron chi connectivity index (χ2n) is 9.22. The van der Waals surface area contributed by atoms with Gasteiger partial charge in [-0.15, -0.1) is 0 Å². The molecule has 1 fully saturated rings. The summed E-state index contributed by atoms with van der Waals surface area (Å²) in [4.78, 5) is 19.0. The molecule has 1 atom stereocenters. The normalized spacial score (nSPS) is 15.2. The molecule has 1 aliphatic rings. The number of aromatic nitrogens is 2. The summed E-state index contributed by atoms with van der Waals surface area (Å²) in [5.41, 5.74) is 1.93. The SMILES string of the molecule is O=C(O)c1ccc(OCC(c2c(F)c(F)cc3[nH]c(-c4ccc(Cl)cc4)nc23)C2CCCCC2)cc1. The van der Waals surface area contributed by atoms with Gasteiger partial charge < -0.3 is 14.8 Å². The smallest absolute Gasteiger partial charge is 0.335 e. The molecule has 1 aromatic heterocycles. The van der Waals surface area contributed by atoms with Crippen molar-refractivity contribution in [1.29, 1.82) is 0 Å². The van der Waals surface area contributed by atoms with Crippen LogP contribution >= 0.6 is 11.6 Å². The molecular weight excluding hydrogens is 486 g/mol. The average molecular weight is 511 g/mol. The van der Waals surface area contributed by atoms with Gasteiger partial charge in [0, 0.05) is 28.1 Å². The van der Waals surface area contributed by atoms with Gasteiger partial charge in [0.2, 0.25) is 0 Å². The van der Waals surface area contributed by atoms with Crippen LogP contribution in [0.1, 0.15) is 53.9 Å². The van der Waals surface area contributed by atoms with Crippen molar-refractivity contribution in [1.82, 2.24) is 9.97 Å². The molecule has 0 aliphatic heterocycles. The van der Waals surface area contributed by atoms with Gasteiger partial charge >= 0.3 is 5.97 Å². The quantitative estimate of drug-likeness (QED) is 0.268. The lowest BCUT2D eigenvalue weighted by Crippen LogP contribution is -2.24. The van der Waals surface area contributed by atoms with E-state index in [1.54, 1.807) is 36.4 Å². The van der Waals surface area contributed by atoms with E-state index < -0.39 is 23.5 Å². The fourth-order valence-electron chi connectivity index (χ4n) is 5.07. The molecule has 5 nitrogen and oxygen atoms in total. The molecule has 1 heterocycles. The minimum absolute atomic E-state index is 0.104. The molecule has 1 saturated carbocycles. The average Bonchev–Trinajstić information content (AvgIpc) is 3.30. The summed E-state index contributed by atoms with van der Waals surface area (Å²) in [5, 5.41) is 9.72. The number of fused-ring (bicyclic) bond motifs is 1. The molecule has 8 heteroatoms. The van der Waals surface area contributed by atoms with Crippen LogP contribution in [0.5, 0.6) is 5.75 Å². The molecule has 5 rings (SSSR count). The lowest BCUT2D eigenvalue weighted by Gasteiger charge is -2.31. The fraction of sp³-hybridized carbons (Fsp3) is 0.286.